The molecule has 0 aromatic rings. The second-order valence-corrected chi connectivity index (χ2v) is 3.78. The third-order valence-electron chi connectivity index (χ3n) is 2.51. The normalized spacial score (nSPS) is 19.2. The SMILES string of the molecule is CCC(O)C(CC)C(O)C(C)C. The Bertz CT molecular complexity index is 112. The van der Waals surface area contributed by atoms with Crippen molar-refractivity contribution >= 4 is 0 Å². The van der Waals surface area contributed by atoms with Crippen molar-refractivity contribution in [1.82, 2.24) is 0 Å². The van der Waals surface area contributed by atoms with E-state index in [2.05, 4.69) is 0 Å². The molecule has 0 fully saturated rings. The summed E-state index contributed by atoms with van der Waals surface area (Å²) in [6.45, 7) is 7.92. The summed E-state index contributed by atoms with van der Waals surface area (Å²) in [6, 6.07) is 0. The molecule has 3 unspecified atom stereocenters. The van der Waals surface area contributed by atoms with Crippen LogP contribution in [-0.2, 0) is 0 Å². The van der Waals surface area contributed by atoms with Gasteiger partial charge in [0.1, 0.15) is 0 Å². The van der Waals surface area contributed by atoms with Crippen LogP contribution in [0.2, 0.25) is 0 Å². The Labute approximate surface area is 75.6 Å². The van der Waals surface area contributed by atoms with Gasteiger partial charge in [0, 0.05) is 5.92 Å². The van der Waals surface area contributed by atoms with Crippen LogP contribution in [-0.4, -0.2) is 22.4 Å². The van der Waals surface area contributed by atoms with Crippen molar-refractivity contribution in [3.63, 3.8) is 0 Å². The maximum absolute atomic E-state index is 9.73. The number of aliphatic hydroxyl groups excluding tert-OH is 2. The molecule has 0 rings (SSSR count). The molecule has 2 nitrogen and oxygen atoms in total. The van der Waals surface area contributed by atoms with Crippen LogP contribution in [0.5, 0.6) is 0 Å². The van der Waals surface area contributed by atoms with Gasteiger partial charge in [0.25, 0.3) is 0 Å². The minimum atomic E-state index is -0.370. The lowest BCUT2D eigenvalue weighted by Gasteiger charge is -2.28. The molecular formula is C10H22O2. The Hall–Kier alpha value is -0.0800. The molecule has 0 aliphatic carbocycles. The first-order valence-electron chi connectivity index (χ1n) is 4.90. The highest BCUT2D eigenvalue weighted by atomic mass is 16.3. The molecule has 0 amide bonds. The summed E-state index contributed by atoms with van der Waals surface area (Å²) in [5, 5.41) is 19.3. The van der Waals surface area contributed by atoms with Gasteiger partial charge in [-0.15, -0.1) is 0 Å². The topological polar surface area (TPSA) is 40.5 Å². The summed E-state index contributed by atoms with van der Waals surface area (Å²) in [6.07, 6.45) is 0.841. The van der Waals surface area contributed by atoms with E-state index in [4.69, 9.17) is 0 Å². The van der Waals surface area contributed by atoms with Crippen molar-refractivity contribution in [3.05, 3.63) is 0 Å². The van der Waals surface area contributed by atoms with E-state index >= 15 is 0 Å². The summed E-state index contributed by atoms with van der Waals surface area (Å²) in [5.74, 6) is 0.270. The third-order valence-corrected chi connectivity index (χ3v) is 2.51. The molecule has 74 valence electrons. The number of rotatable bonds is 5. The smallest absolute Gasteiger partial charge is 0.0615 e. The average molecular weight is 174 g/mol. The molecule has 0 aliphatic rings. The van der Waals surface area contributed by atoms with Crippen molar-refractivity contribution in [2.45, 2.75) is 52.7 Å². The Kier molecular flexibility index (Phi) is 5.51. The van der Waals surface area contributed by atoms with Gasteiger partial charge in [0.15, 0.2) is 0 Å². The van der Waals surface area contributed by atoms with E-state index in [0.717, 1.165) is 12.8 Å². The highest BCUT2D eigenvalue weighted by Crippen LogP contribution is 2.21. The van der Waals surface area contributed by atoms with Gasteiger partial charge in [-0.25, -0.2) is 0 Å². The maximum atomic E-state index is 9.73. The summed E-state index contributed by atoms with van der Waals surface area (Å²) in [4.78, 5) is 0. The van der Waals surface area contributed by atoms with E-state index in [1.54, 1.807) is 0 Å². The van der Waals surface area contributed by atoms with Gasteiger partial charge in [0.05, 0.1) is 12.2 Å². The van der Waals surface area contributed by atoms with E-state index in [9.17, 15) is 10.2 Å². The van der Waals surface area contributed by atoms with Crippen LogP contribution in [0.1, 0.15) is 40.5 Å². The monoisotopic (exact) mass is 174 g/mol. The second kappa shape index (κ2) is 5.55. The van der Waals surface area contributed by atoms with Crippen molar-refractivity contribution in [1.29, 1.82) is 0 Å². The summed E-state index contributed by atoms with van der Waals surface area (Å²) >= 11 is 0. The lowest BCUT2D eigenvalue weighted by atomic mass is 9.86. The Morgan fingerprint density at radius 3 is 1.75 bits per heavy atom. The van der Waals surface area contributed by atoms with Crippen LogP contribution in [0.15, 0.2) is 0 Å². The lowest BCUT2D eigenvalue weighted by Crippen LogP contribution is -2.34. The first-order valence-corrected chi connectivity index (χ1v) is 4.90. The van der Waals surface area contributed by atoms with Gasteiger partial charge in [-0.05, 0) is 18.8 Å². The van der Waals surface area contributed by atoms with Crippen LogP contribution >= 0.6 is 0 Å². The van der Waals surface area contributed by atoms with Crippen molar-refractivity contribution in [3.8, 4) is 0 Å². The fourth-order valence-corrected chi connectivity index (χ4v) is 1.54. The Morgan fingerprint density at radius 2 is 1.50 bits per heavy atom. The van der Waals surface area contributed by atoms with Gasteiger partial charge in [0.2, 0.25) is 0 Å². The second-order valence-electron chi connectivity index (χ2n) is 3.78. The number of hydrogen-bond donors (Lipinski definition) is 2. The van der Waals surface area contributed by atoms with Gasteiger partial charge in [-0.1, -0.05) is 27.7 Å². The van der Waals surface area contributed by atoms with Crippen LogP contribution in [0.3, 0.4) is 0 Å². The molecule has 0 bridgehead atoms. The predicted molar refractivity (Wildman–Crippen MR) is 50.9 cm³/mol. The maximum Gasteiger partial charge on any atom is 0.0615 e. The average Bonchev–Trinajstić information content (AvgIpc) is 2.05. The van der Waals surface area contributed by atoms with E-state index in [-0.39, 0.29) is 24.0 Å². The van der Waals surface area contributed by atoms with E-state index in [1.165, 1.54) is 0 Å². The molecule has 2 N–H and O–H groups in total. The highest BCUT2D eigenvalue weighted by molar-refractivity contribution is 4.76. The first-order chi connectivity index (χ1) is 5.54. The zero-order chi connectivity index (χ0) is 9.72. The minimum absolute atomic E-state index is 0.0370. The van der Waals surface area contributed by atoms with Crippen LogP contribution in [0, 0.1) is 11.8 Å². The van der Waals surface area contributed by atoms with Crippen molar-refractivity contribution in [2.75, 3.05) is 0 Å². The number of hydrogen-bond acceptors (Lipinski definition) is 2. The molecule has 0 spiro atoms. The zero-order valence-corrected chi connectivity index (χ0v) is 8.62. The Balaban J connectivity index is 4.13. The molecule has 2 heteroatoms. The quantitative estimate of drug-likeness (QED) is 0.667. The van der Waals surface area contributed by atoms with Crippen LogP contribution in [0.4, 0.5) is 0 Å². The van der Waals surface area contributed by atoms with Gasteiger partial charge < -0.3 is 10.2 Å². The summed E-state index contributed by atoms with van der Waals surface area (Å²) < 4.78 is 0. The molecule has 3 atom stereocenters. The van der Waals surface area contributed by atoms with E-state index < -0.39 is 0 Å². The molecule has 0 aliphatic heterocycles. The number of aliphatic hydroxyl groups is 2. The minimum Gasteiger partial charge on any atom is -0.393 e. The van der Waals surface area contributed by atoms with Crippen molar-refractivity contribution in [2.24, 2.45) is 11.8 Å². The van der Waals surface area contributed by atoms with E-state index in [0.29, 0.717) is 0 Å². The summed E-state index contributed by atoms with van der Waals surface area (Å²) in [5.41, 5.74) is 0. The molecule has 0 radical (unpaired) electrons. The fraction of sp³-hybridized carbons (Fsp3) is 1.00. The van der Waals surface area contributed by atoms with Gasteiger partial charge in [-0.2, -0.15) is 0 Å². The first kappa shape index (κ1) is 11.9. The third kappa shape index (κ3) is 3.11. The molecule has 0 heterocycles. The molecule has 0 saturated heterocycles. The molecule has 12 heavy (non-hydrogen) atoms. The van der Waals surface area contributed by atoms with Crippen LogP contribution < -0.4 is 0 Å². The molecular weight excluding hydrogens is 152 g/mol. The zero-order valence-electron chi connectivity index (χ0n) is 8.62. The predicted octanol–water partition coefficient (Wildman–Crippen LogP) is 1.80. The largest absolute Gasteiger partial charge is 0.393 e. The van der Waals surface area contributed by atoms with Crippen molar-refractivity contribution < 1.29 is 10.2 Å². The summed E-state index contributed by atoms with van der Waals surface area (Å²) in [7, 11) is 0. The lowest BCUT2D eigenvalue weighted by molar-refractivity contribution is -0.0140. The molecule has 0 aromatic heterocycles. The standard InChI is InChI=1S/C10H22O2/c1-5-8(9(11)6-2)10(12)7(3)4/h7-12H,5-6H2,1-4H3. The highest BCUT2D eigenvalue weighted by Gasteiger charge is 2.25. The Morgan fingerprint density at radius 1 is 1.00 bits per heavy atom. The van der Waals surface area contributed by atoms with Crippen LogP contribution in [0.25, 0.3) is 0 Å². The molecule has 0 aromatic carbocycles. The van der Waals surface area contributed by atoms with E-state index in [1.807, 2.05) is 27.7 Å². The van der Waals surface area contributed by atoms with Gasteiger partial charge >= 0.3 is 0 Å². The molecule has 0 saturated carbocycles. The fourth-order valence-electron chi connectivity index (χ4n) is 1.54. The van der Waals surface area contributed by atoms with Gasteiger partial charge in [-0.3, -0.25) is 0 Å².